The van der Waals surface area contributed by atoms with Crippen molar-refractivity contribution in [2.45, 2.75) is 13.8 Å². The monoisotopic (exact) mass is 1540 g/mol. The van der Waals surface area contributed by atoms with E-state index >= 15 is 0 Å². The van der Waals surface area contributed by atoms with Gasteiger partial charge in [0.05, 0.1) is 114 Å². The van der Waals surface area contributed by atoms with Crippen molar-refractivity contribution in [2.24, 2.45) is 0 Å². The van der Waals surface area contributed by atoms with Gasteiger partial charge in [0.1, 0.15) is 149 Å². The Morgan fingerprint density at radius 2 is 0.706 bits per heavy atom. The molecular weight excluding hydrogens is 1460 g/mol. The zero-order valence-corrected chi connectivity index (χ0v) is 66.7. The van der Waals surface area contributed by atoms with Crippen molar-refractivity contribution in [1.29, 1.82) is 0 Å². The second-order valence-electron chi connectivity index (χ2n) is 21.1. The molecule has 580 valence electrons. The Morgan fingerprint density at radius 1 is 0.394 bits per heavy atom. The molecule has 2 heterocycles. The number of carbonyl (C=O) groups excluding carboxylic acids is 3. The van der Waals surface area contributed by atoms with E-state index in [1.807, 2.05) is 0 Å². The fourth-order valence-corrected chi connectivity index (χ4v) is 9.65. The SMILES string of the molecule is CCO.COc1cc(/C=C/C(=O)c2c(O)cc(OC)cc2OC)cc(OC)c1.COc1cc(C=O)cc(OC)c1.COc1cc(O)c(C(C)=O)c(OC)c1.COc1cc(OC)cc(-c2cc(=O)c3c(OC)cc(OC)cc3o2)c1.COc1cc(OC)cc(-c2oc3cc(OC)cc(OC)c3c(=O)c2O)c1.OO.[K+].[OH-]. The van der Waals surface area contributed by atoms with Crippen LogP contribution in [0.3, 0.4) is 0 Å². The molecule has 0 aliphatic carbocycles. The van der Waals surface area contributed by atoms with E-state index in [0.717, 1.165) is 11.8 Å². The summed E-state index contributed by atoms with van der Waals surface area (Å²) >= 11 is 0. The number of aromatic hydroxyl groups is 3. The first-order valence-corrected chi connectivity index (χ1v) is 31.4. The van der Waals surface area contributed by atoms with E-state index in [-0.39, 0.29) is 126 Å². The molecule has 10 rings (SSSR count). The molecule has 0 spiro atoms. The van der Waals surface area contributed by atoms with Crippen molar-refractivity contribution in [3.05, 3.63) is 176 Å². The van der Waals surface area contributed by atoms with Crippen LogP contribution in [0.15, 0.2) is 152 Å². The fourth-order valence-electron chi connectivity index (χ4n) is 9.65. The number of fused-ring (bicyclic) bond motifs is 2. The van der Waals surface area contributed by atoms with Crippen molar-refractivity contribution in [1.82, 2.24) is 0 Å². The summed E-state index contributed by atoms with van der Waals surface area (Å²) < 4.78 is 94.2. The van der Waals surface area contributed by atoms with Crippen LogP contribution in [0.2, 0.25) is 0 Å². The molecular formula is C78H87KO30. The Balaban J connectivity index is 0.000000465. The number of aldehydes is 1. The summed E-state index contributed by atoms with van der Waals surface area (Å²) in [6.07, 6.45) is 3.71. The van der Waals surface area contributed by atoms with Crippen LogP contribution in [0, 0.1) is 0 Å². The minimum atomic E-state index is -0.609. The quantitative estimate of drug-likeness (QED) is 0.00865. The van der Waals surface area contributed by atoms with Gasteiger partial charge in [-0.1, -0.05) is 6.08 Å². The number of rotatable bonds is 23. The van der Waals surface area contributed by atoms with Gasteiger partial charge in [-0.05, 0) is 74.0 Å². The number of phenols is 2. The summed E-state index contributed by atoms with van der Waals surface area (Å²) in [4.78, 5) is 59.4. The standard InChI is InChI=1S/C19H18O7.C19H18O6.C19H20O6.C10H12O4.C9H10O3.C2H6O.K.H2O2.H2O/c1-22-11-5-10(6-12(7-11)23-2)19-18(21)17(20)16-14(25-4)8-13(24-3)9-15(16)26-19;1-21-12-5-11(6-13(7-12)22-2)16-10-15(20)19-17(24-4)8-14(23-3)9-18(19)25-16;1-22-13-7-12(8-14(9-13)23-2)5-6-16(20)19-17(21)10-15(24-3)11-18(19)25-4;1-6(11)10-8(12)4-7(13-2)5-9(10)14-3;1-11-8-3-7(6-10)4-9(5-8)12-2;1-2-3;;1-2;/h5-9,21H,1-4H3;5-10H,1-4H3;5-11,21H,1-4H3;4-5,12H,1-3H3;3-6H,1-2H3;3H,2H2,1H3;;1-2H;1H2/q;;;;;;+1;;/p-1/b;;6-5+;;;;;;. The number of benzene rings is 8. The molecule has 0 saturated heterocycles. The number of hydrogen-bond acceptors (Lipinski definition) is 30. The topological polar surface area (TPSA) is 411 Å². The Hall–Kier alpha value is -11.4. The number of aliphatic hydroxyl groups is 1. The minimum Gasteiger partial charge on any atom is -0.870 e. The third-order valence-electron chi connectivity index (χ3n) is 14.8. The largest absolute Gasteiger partial charge is 1.00 e. The van der Waals surface area contributed by atoms with Crippen LogP contribution in [0.4, 0.5) is 0 Å². The number of Topliss-reactive ketones (excluding diaryl/α,β-unsaturated/α-hetero) is 1. The first-order valence-electron chi connectivity index (χ1n) is 31.4. The third-order valence-corrected chi connectivity index (χ3v) is 14.8. The molecule has 109 heavy (non-hydrogen) atoms. The second kappa shape index (κ2) is 47.3. The number of methoxy groups -OCH3 is 16. The summed E-state index contributed by atoms with van der Waals surface area (Å²) in [7, 11) is 24.1. The maximum atomic E-state index is 12.7. The summed E-state index contributed by atoms with van der Waals surface area (Å²) in [6.45, 7) is 3.30. The molecule has 7 N–H and O–H groups in total. The molecule has 30 nitrogen and oxygen atoms in total. The zero-order chi connectivity index (χ0) is 79.6. The van der Waals surface area contributed by atoms with Crippen LogP contribution >= 0.6 is 0 Å². The second-order valence-corrected chi connectivity index (χ2v) is 21.1. The Labute approximate surface area is 670 Å². The minimum absolute atomic E-state index is 0. The molecule has 0 amide bonds. The van der Waals surface area contributed by atoms with Crippen LogP contribution in [-0.2, 0) is 0 Å². The Bertz CT molecular complexity index is 4690. The van der Waals surface area contributed by atoms with Gasteiger partial charge >= 0.3 is 51.4 Å². The third kappa shape index (κ3) is 25.6. The molecule has 0 unspecified atom stereocenters. The summed E-state index contributed by atoms with van der Waals surface area (Å²) in [5, 5.41) is 50.1. The van der Waals surface area contributed by atoms with Crippen molar-refractivity contribution in [3.63, 3.8) is 0 Å². The van der Waals surface area contributed by atoms with Gasteiger partial charge in [0.2, 0.25) is 11.2 Å². The molecule has 0 bridgehead atoms. The fraction of sp³-hybridized carbons (Fsp3) is 0.244. The van der Waals surface area contributed by atoms with E-state index in [9.17, 15) is 39.3 Å². The van der Waals surface area contributed by atoms with Crippen LogP contribution in [0.1, 0.15) is 50.5 Å². The van der Waals surface area contributed by atoms with Gasteiger partial charge in [-0.25, -0.2) is 0 Å². The van der Waals surface area contributed by atoms with Gasteiger partial charge in [-0.3, -0.25) is 34.5 Å². The molecule has 0 radical (unpaired) electrons. The number of hydrogen-bond donors (Lipinski definition) is 6. The van der Waals surface area contributed by atoms with Crippen LogP contribution in [0.25, 0.3) is 50.7 Å². The van der Waals surface area contributed by atoms with Crippen LogP contribution in [-0.4, -0.2) is 175 Å². The molecule has 0 aliphatic rings. The van der Waals surface area contributed by atoms with Crippen LogP contribution < -0.4 is 138 Å². The predicted molar refractivity (Wildman–Crippen MR) is 400 cm³/mol. The molecule has 8 aromatic carbocycles. The maximum Gasteiger partial charge on any atom is 1.00 e. The number of ether oxygens (including phenoxy) is 16. The predicted octanol–water partition coefficient (Wildman–Crippen LogP) is 9.99. The van der Waals surface area contributed by atoms with E-state index in [4.69, 9.17) is 100 Å². The van der Waals surface area contributed by atoms with Crippen molar-refractivity contribution in [2.75, 3.05) is 120 Å². The number of ketones is 2. The molecule has 0 aliphatic heterocycles. The van der Waals surface area contributed by atoms with Gasteiger partial charge in [0.25, 0.3) is 0 Å². The molecule has 0 atom stereocenters. The van der Waals surface area contributed by atoms with E-state index in [1.54, 1.807) is 159 Å². The van der Waals surface area contributed by atoms with Gasteiger partial charge in [-0.2, -0.15) is 0 Å². The zero-order valence-electron chi connectivity index (χ0n) is 63.6. The van der Waals surface area contributed by atoms with Gasteiger partial charge in [0, 0.05) is 102 Å². The first kappa shape index (κ1) is 93.7. The summed E-state index contributed by atoms with van der Waals surface area (Å²) in [5.41, 5.74) is 2.38. The number of allylic oxidation sites excluding steroid dienone is 1. The first-order chi connectivity index (χ1) is 51.4. The molecule has 10 aromatic rings. The van der Waals surface area contributed by atoms with E-state index < -0.39 is 17.0 Å². The van der Waals surface area contributed by atoms with Crippen molar-refractivity contribution in [3.8, 4) is 132 Å². The average molecular weight is 1540 g/mol. The molecule has 2 aromatic heterocycles. The van der Waals surface area contributed by atoms with Crippen LogP contribution in [0.5, 0.6) is 109 Å². The van der Waals surface area contributed by atoms with E-state index in [0.29, 0.717) is 114 Å². The molecule has 31 heteroatoms. The van der Waals surface area contributed by atoms with Crippen molar-refractivity contribution < 1.29 is 187 Å². The van der Waals surface area contributed by atoms with Gasteiger partial charge in [0.15, 0.2) is 22.8 Å². The van der Waals surface area contributed by atoms with Crippen molar-refractivity contribution >= 4 is 45.9 Å². The molecule has 0 saturated carbocycles. The summed E-state index contributed by atoms with van der Waals surface area (Å²) in [6, 6.07) is 34.1. The summed E-state index contributed by atoms with van der Waals surface area (Å²) in [5.74, 6) is 6.53. The smallest absolute Gasteiger partial charge is 0.870 e. The van der Waals surface area contributed by atoms with Gasteiger partial charge in [-0.15, -0.1) is 0 Å². The normalized spacial score (nSPS) is 9.84. The average Bonchev–Trinajstić information content (AvgIpc) is 0.770. The number of aliphatic hydroxyl groups excluding tert-OH is 1. The molecule has 0 fully saturated rings. The van der Waals surface area contributed by atoms with E-state index in [1.165, 1.54) is 108 Å². The number of carbonyl (C=O) groups is 3. The maximum absolute atomic E-state index is 12.7. The Morgan fingerprint density at radius 3 is 1.07 bits per heavy atom. The number of phenolic OH excluding ortho intramolecular Hbond substituents is 2. The van der Waals surface area contributed by atoms with Gasteiger partial charge < -0.3 is 111 Å². The Kier molecular flexibility index (Phi) is 40.7. The van der Waals surface area contributed by atoms with E-state index in [2.05, 4.69) is 0 Å².